The zero-order valence-electron chi connectivity index (χ0n) is 15.2. The lowest BCUT2D eigenvalue weighted by Crippen LogP contribution is -2.12. The molecule has 0 atom stereocenters. The van der Waals surface area contributed by atoms with Crippen LogP contribution in [0.2, 0.25) is 0 Å². The summed E-state index contributed by atoms with van der Waals surface area (Å²) in [5.74, 6) is 2.42. The maximum atomic E-state index is 12.5. The number of carbonyl (C=O) groups excluding carboxylic acids is 1. The third-order valence-electron chi connectivity index (χ3n) is 3.71. The summed E-state index contributed by atoms with van der Waals surface area (Å²) < 4.78 is 20.9. The minimum absolute atomic E-state index is 0.186. The molecule has 0 unspecified atom stereocenters. The van der Waals surface area contributed by atoms with Gasteiger partial charge in [0.1, 0.15) is 17.2 Å². The topological polar surface area (TPSA) is 95.7 Å². The second kappa shape index (κ2) is 8.22. The standard InChI is InChI=1S/C19H19N3O5/c1-12-20-18(22-27-12)11-26-14-6-4-13(5-7-14)19(23)21-16-9-8-15(24-2)10-17(16)25-3/h4-10H,11H2,1-3H3,(H,21,23). The van der Waals surface area contributed by atoms with Gasteiger partial charge in [-0.2, -0.15) is 4.98 Å². The Bertz CT molecular complexity index is 921. The molecular formula is C19H19N3O5. The monoisotopic (exact) mass is 369 g/mol. The molecular weight excluding hydrogens is 350 g/mol. The molecule has 3 aromatic rings. The van der Waals surface area contributed by atoms with Crippen LogP contribution >= 0.6 is 0 Å². The van der Waals surface area contributed by atoms with Crippen LogP contribution in [0.3, 0.4) is 0 Å². The SMILES string of the molecule is COc1ccc(NC(=O)c2ccc(OCc3noc(C)n3)cc2)c(OC)c1. The van der Waals surface area contributed by atoms with Crippen LogP contribution in [0.5, 0.6) is 17.2 Å². The third-order valence-corrected chi connectivity index (χ3v) is 3.71. The highest BCUT2D eigenvalue weighted by atomic mass is 16.5. The Morgan fingerprint density at radius 3 is 2.44 bits per heavy atom. The fourth-order valence-electron chi connectivity index (χ4n) is 2.35. The molecule has 27 heavy (non-hydrogen) atoms. The van der Waals surface area contributed by atoms with Crippen molar-refractivity contribution in [3.8, 4) is 17.2 Å². The number of nitrogens with one attached hydrogen (secondary N) is 1. The molecule has 0 bridgehead atoms. The Morgan fingerprint density at radius 1 is 1.07 bits per heavy atom. The van der Waals surface area contributed by atoms with Gasteiger partial charge in [0.15, 0.2) is 6.61 Å². The molecule has 2 aromatic carbocycles. The van der Waals surface area contributed by atoms with Gasteiger partial charge >= 0.3 is 0 Å². The van der Waals surface area contributed by atoms with Gasteiger partial charge in [-0.1, -0.05) is 5.16 Å². The van der Waals surface area contributed by atoms with Crippen molar-refractivity contribution in [2.75, 3.05) is 19.5 Å². The van der Waals surface area contributed by atoms with Crippen LogP contribution in [0.1, 0.15) is 22.1 Å². The lowest BCUT2D eigenvalue weighted by Gasteiger charge is -2.12. The zero-order valence-corrected chi connectivity index (χ0v) is 15.2. The fraction of sp³-hybridized carbons (Fsp3) is 0.211. The van der Waals surface area contributed by atoms with E-state index in [0.717, 1.165) is 0 Å². The quantitative estimate of drug-likeness (QED) is 0.683. The molecule has 0 saturated carbocycles. The first kappa shape index (κ1) is 18.2. The Kier molecular flexibility index (Phi) is 5.55. The minimum atomic E-state index is -0.265. The van der Waals surface area contributed by atoms with E-state index in [1.165, 1.54) is 7.11 Å². The number of aryl methyl sites for hydroxylation is 1. The number of ether oxygens (including phenoxy) is 3. The van der Waals surface area contributed by atoms with E-state index in [1.54, 1.807) is 56.5 Å². The number of nitrogens with zero attached hydrogens (tertiary/aromatic N) is 2. The molecule has 1 heterocycles. The first-order valence-corrected chi connectivity index (χ1v) is 8.14. The molecule has 8 nitrogen and oxygen atoms in total. The van der Waals surface area contributed by atoms with Crippen LogP contribution < -0.4 is 19.5 Å². The summed E-state index contributed by atoms with van der Waals surface area (Å²) in [5, 5.41) is 6.57. The Balaban J connectivity index is 1.63. The summed E-state index contributed by atoms with van der Waals surface area (Å²) in [5.41, 5.74) is 1.03. The average molecular weight is 369 g/mol. The van der Waals surface area contributed by atoms with Crippen molar-refractivity contribution in [3.05, 3.63) is 59.7 Å². The zero-order chi connectivity index (χ0) is 19.2. The van der Waals surface area contributed by atoms with E-state index in [4.69, 9.17) is 18.7 Å². The molecule has 0 aliphatic heterocycles. The molecule has 3 rings (SSSR count). The average Bonchev–Trinajstić information content (AvgIpc) is 3.12. The van der Waals surface area contributed by atoms with Gasteiger partial charge in [0.2, 0.25) is 11.7 Å². The molecule has 0 spiro atoms. The van der Waals surface area contributed by atoms with E-state index < -0.39 is 0 Å². The van der Waals surface area contributed by atoms with Crippen molar-refractivity contribution in [3.63, 3.8) is 0 Å². The Hall–Kier alpha value is -3.55. The lowest BCUT2D eigenvalue weighted by molar-refractivity contribution is 0.102. The molecule has 1 N–H and O–H groups in total. The van der Waals surface area contributed by atoms with E-state index in [0.29, 0.717) is 40.2 Å². The van der Waals surface area contributed by atoms with Crippen LogP contribution in [-0.2, 0) is 6.61 Å². The summed E-state index contributed by atoms with van der Waals surface area (Å²) >= 11 is 0. The molecule has 0 fully saturated rings. The Morgan fingerprint density at radius 2 is 1.81 bits per heavy atom. The maximum absolute atomic E-state index is 12.5. The van der Waals surface area contributed by atoms with Gasteiger partial charge in [0.05, 0.1) is 19.9 Å². The van der Waals surface area contributed by atoms with Crippen LogP contribution in [0.15, 0.2) is 47.0 Å². The number of anilines is 1. The van der Waals surface area contributed by atoms with Gasteiger partial charge in [-0.3, -0.25) is 4.79 Å². The third kappa shape index (κ3) is 4.55. The number of carbonyl (C=O) groups is 1. The number of methoxy groups -OCH3 is 2. The van der Waals surface area contributed by atoms with Gasteiger partial charge in [-0.15, -0.1) is 0 Å². The lowest BCUT2D eigenvalue weighted by atomic mass is 10.2. The van der Waals surface area contributed by atoms with Crippen molar-refractivity contribution in [1.82, 2.24) is 10.1 Å². The van der Waals surface area contributed by atoms with E-state index in [9.17, 15) is 4.79 Å². The van der Waals surface area contributed by atoms with Crippen LogP contribution in [-0.4, -0.2) is 30.3 Å². The van der Waals surface area contributed by atoms with Crippen molar-refractivity contribution >= 4 is 11.6 Å². The summed E-state index contributed by atoms with van der Waals surface area (Å²) in [7, 11) is 3.10. The first-order chi connectivity index (χ1) is 13.1. The van der Waals surface area contributed by atoms with Gasteiger partial charge < -0.3 is 24.1 Å². The van der Waals surface area contributed by atoms with Gasteiger partial charge in [-0.05, 0) is 36.4 Å². The number of rotatable bonds is 7. The first-order valence-electron chi connectivity index (χ1n) is 8.14. The second-order valence-electron chi connectivity index (χ2n) is 5.56. The smallest absolute Gasteiger partial charge is 0.255 e. The molecule has 140 valence electrons. The normalized spacial score (nSPS) is 10.3. The van der Waals surface area contributed by atoms with Crippen LogP contribution in [0.25, 0.3) is 0 Å². The summed E-state index contributed by atoms with van der Waals surface area (Å²) in [6.45, 7) is 1.90. The summed E-state index contributed by atoms with van der Waals surface area (Å²) in [6, 6.07) is 11.9. The van der Waals surface area contributed by atoms with Crippen molar-refractivity contribution in [2.45, 2.75) is 13.5 Å². The van der Waals surface area contributed by atoms with Gasteiger partial charge in [-0.25, -0.2) is 0 Å². The number of amides is 1. The largest absolute Gasteiger partial charge is 0.497 e. The van der Waals surface area contributed by atoms with Gasteiger partial charge in [0.25, 0.3) is 5.91 Å². The molecule has 8 heteroatoms. The predicted octanol–water partition coefficient (Wildman–Crippen LogP) is 3.23. The fourth-order valence-corrected chi connectivity index (χ4v) is 2.35. The number of benzene rings is 2. The van der Waals surface area contributed by atoms with Crippen molar-refractivity contribution < 1.29 is 23.5 Å². The highest BCUT2D eigenvalue weighted by Gasteiger charge is 2.11. The minimum Gasteiger partial charge on any atom is -0.497 e. The predicted molar refractivity (Wildman–Crippen MR) is 97.3 cm³/mol. The number of aromatic nitrogens is 2. The van der Waals surface area contributed by atoms with Crippen LogP contribution in [0.4, 0.5) is 5.69 Å². The highest BCUT2D eigenvalue weighted by Crippen LogP contribution is 2.29. The van der Waals surface area contributed by atoms with Crippen molar-refractivity contribution in [1.29, 1.82) is 0 Å². The molecule has 0 saturated heterocycles. The maximum Gasteiger partial charge on any atom is 0.255 e. The molecule has 0 radical (unpaired) electrons. The Labute approximate surface area is 156 Å². The van der Waals surface area contributed by atoms with E-state index in [1.807, 2.05) is 0 Å². The summed E-state index contributed by atoms with van der Waals surface area (Å²) in [4.78, 5) is 16.5. The van der Waals surface area contributed by atoms with Crippen molar-refractivity contribution in [2.24, 2.45) is 0 Å². The van der Waals surface area contributed by atoms with Crippen LogP contribution in [0, 0.1) is 6.92 Å². The van der Waals surface area contributed by atoms with E-state index >= 15 is 0 Å². The molecule has 1 amide bonds. The highest BCUT2D eigenvalue weighted by molar-refractivity contribution is 6.05. The van der Waals surface area contributed by atoms with Gasteiger partial charge in [0, 0.05) is 18.6 Å². The van der Waals surface area contributed by atoms with E-state index in [2.05, 4.69) is 15.5 Å². The second-order valence-corrected chi connectivity index (χ2v) is 5.56. The number of hydrogen-bond donors (Lipinski definition) is 1. The van der Waals surface area contributed by atoms with E-state index in [-0.39, 0.29) is 12.5 Å². The number of hydrogen-bond acceptors (Lipinski definition) is 7. The summed E-state index contributed by atoms with van der Waals surface area (Å²) in [6.07, 6.45) is 0. The molecule has 0 aliphatic rings. The molecule has 1 aromatic heterocycles. The molecule has 0 aliphatic carbocycles.